The minimum absolute atomic E-state index is 0.171. The molecule has 2 rings (SSSR count). The van der Waals surface area contributed by atoms with Crippen molar-refractivity contribution in [2.45, 2.75) is 51.0 Å². The molecule has 2 N–H and O–H groups in total. The molecule has 0 bridgehead atoms. The molecule has 1 fully saturated rings. The van der Waals surface area contributed by atoms with Crippen molar-refractivity contribution in [2.75, 3.05) is 6.61 Å². The van der Waals surface area contributed by atoms with Gasteiger partial charge in [0.2, 0.25) is 5.88 Å². The van der Waals surface area contributed by atoms with Crippen molar-refractivity contribution in [2.24, 2.45) is 5.73 Å². The zero-order valence-corrected chi connectivity index (χ0v) is 10.5. The van der Waals surface area contributed by atoms with E-state index in [0.717, 1.165) is 18.7 Å². The third kappa shape index (κ3) is 3.66. The van der Waals surface area contributed by atoms with Gasteiger partial charge in [0.15, 0.2) is 0 Å². The van der Waals surface area contributed by atoms with E-state index >= 15 is 0 Å². The van der Waals surface area contributed by atoms with Crippen molar-refractivity contribution in [1.82, 2.24) is 9.97 Å². The summed E-state index contributed by atoms with van der Waals surface area (Å²) in [6, 6.07) is 1.78. The number of rotatable bonds is 3. The third-order valence-electron chi connectivity index (χ3n) is 3.36. The van der Waals surface area contributed by atoms with Crippen molar-refractivity contribution in [3.8, 4) is 5.88 Å². The van der Waals surface area contributed by atoms with Gasteiger partial charge in [0.05, 0.1) is 5.54 Å². The fraction of sp³-hybridized carbons (Fsp3) is 0.692. The fourth-order valence-electron chi connectivity index (χ4n) is 2.31. The highest BCUT2D eigenvalue weighted by Gasteiger charge is 2.27. The van der Waals surface area contributed by atoms with Gasteiger partial charge in [-0.1, -0.05) is 25.7 Å². The van der Waals surface area contributed by atoms with E-state index < -0.39 is 0 Å². The van der Waals surface area contributed by atoms with Crippen LogP contribution in [-0.4, -0.2) is 22.1 Å². The summed E-state index contributed by atoms with van der Waals surface area (Å²) in [5.74, 6) is 1.36. The zero-order valence-electron chi connectivity index (χ0n) is 10.5. The van der Waals surface area contributed by atoms with Crippen molar-refractivity contribution >= 4 is 0 Å². The van der Waals surface area contributed by atoms with E-state index in [1.807, 2.05) is 6.92 Å². The van der Waals surface area contributed by atoms with Crippen LogP contribution in [-0.2, 0) is 0 Å². The maximum absolute atomic E-state index is 6.38. The van der Waals surface area contributed by atoms with E-state index in [0.29, 0.717) is 12.5 Å². The molecule has 0 radical (unpaired) electrons. The van der Waals surface area contributed by atoms with Gasteiger partial charge in [-0.2, -0.15) is 4.98 Å². The summed E-state index contributed by atoms with van der Waals surface area (Å²) >= 11 is 0. The minimum Gasteiger partial charge on any atom is -0.476 e. The minimum atomic E-state index is -0.171. The van der Waals surface area contributed by atoms with Crippen LogP contribution in [0.25, 0.3) is 0 Å². The molecule has 0 unspecified atom stereocenters. The smallest absolute Gasteiger partial charge is 0.216 e. The summed E-state index contributed by atoms with van der Waals surface area (Å²) in [7, 11) is 0. The van der Waals surface area contributed by atoms with E-state index in [1.165, 1.54) is 25.7 Å². The van der Waals surface area contributed by atoms with Crippen LogP contribution in [0.5, 0.6) is 5.88 Å². The summed E-state index contributed by atoms with van der Waals surface area (Å²) in [6.45, 7) is 2.42. The molecule has 4 heteroatoms. The predicted octanol–water partition coefficient (Wildman–Crippen LogP) is 2.22. The highest BCUT2D eigenvalue weighted by molar-refractivity contribution is 5.08. The molecular formula is C13H21N3O. The van der Waals surface area contributed by atoms with Gasteiger partial charge in [0.25, 0.3) is 0 Å². The predicted molar refractivity (Wildman–Crippen MR) is 66.9 cm³/mol. The first-order chi connectivity index (χ1) is 8.18. The second kappa shape index (κ2) is 5.45. The number of hydrogen-bond acceptors (Lipinski definition) is 4. The van der Waals surface area contributed by atoms with Crippen LogP contribution >= 0.6 is 0 Å². The van der Waals surface area contributed by atoms with Gasteiger partial charge in [-0.3, -0.25) is 0 Å². The lowest BCUT2D eigenvalue weighted by atomic mass is 9.93. The quantitative estimate of drug-likeness (QED) is 0.816. The lowest BCUT2D eigenvalue weighted by molar-refractivity contribution is 0.193. The highest BCUT2D eigenvalue weighted by Crippen LogP contribution is 2.25. The van der Waals surface area contributed by atoms with Crippen LogP contribution in [0.2, 0.25) is 0 Å². The molecule has 0 amide bonds. The highest BCUT2D eigenvalue weighted by atomic mass is 16.5. The van der Waals surface area contributed by atoms with Gasteiger partial charge in [-0.15, -0.1) is 0 Å². The summed E-state index contributed by atoms with van der Waals surface area (Å²) in [5, 5.41) is 0. The summed E-state index contributed by atoms with van der Waals surface area (Å²) < 4.78 is 5.71. The Labute approximate surface area is 103 Å². The lowest BCUT2D eigenvalue weighted by Crippen LogP contribution is -2.45. The molecule has 1 heterocycles. The maximum atomic E-state index is 6.38. The van der Waals surface area contributed by atoms with Crippen LogP contribution in [0.4, 0.5) is 0 Å². The molecule has 1 aromatic rings. The summed E-state index contributed by atoms with van der Waals surface area (Å²) in [6.07, 6.45) is 8.84. The van der Waals surface area contributed by atoms with Crippen LogP contribution in [0.3, 0.4) is 0 Å². The van der Waals surface area contributed by atoms with E-state index in [2.05, 4.69) is 9.97 Å². The number of nitrogens with two attached hydrogens (primary N) is 1. The Bertz CT molecular complexity index is 359. The van der Waals surface area contributed by atoms with E-state index in [9.17, 15) is 0 Å². The molecule has 1 aromatic heterocycles. The Morgan fingerprint density at radius 2 is 2.00 bits per heavy atom. The molecule has 1 aliphatic rings. The molecule has 1 aliphatic carbocycles. The lowest BCUT2D eigenvalue weighted by Gasteiger charge is -2.27. The first-order valence-electron chi connectivity index (χ1n) is 6.39. The first kappa shape index (κ1) is 12.3. The Balaban J connectivity index is 1.92. The second-order valence-corrected chi connectivity index (χ2v) is 5.01. The third-order valence-corrected chi connectivity index (χ3v) is 3.36. The average Bonchev–Trinajstić information content (AvgIpc) is 2.53. The summed E-state index contributed by atoms with van der Waals surface area (Å²) in [4.78, 5) is 8.27. The standard InChI is InChI=1S/C13H21N3O/c1-11-15-9-6-12(16-11)17-10-13(14)7-4-2-3-5-8-13/h6,9H,2-5,7-8,10,14H2,1H3. The fourth-order valence-corrected chi connectivity index (χ4v) is 2.31. The maximum Gasteiger partial charge on any atom is 0.216 e. The molecule has 0 aliphatic heterocycles. The second-order valence-electron chi connectivity index (χ2n) is 5.01. The van der Waals surface area contributed by atoms with Crippen LogP contribution < -0.4 is 10.5 Å². The van der Waals surface area contributed by atoms with Crippen LogP contribution in [0.1, 0.15) is 44.3 Å². The first-order valence-corrected chi connectivity index (χ1v) is 6.39. The molecular weight excluding hydrogens is 214 g/mol. The summed E-state index contributed by atoms with van der Waals surface area (Å²) in [5.41, 5.74) is 6.21. The Hall–Kier alpha value is -1.16. The Kier molecular flexibility index (Phi) is 3.94. The number of aromatic nitrogens is 2. The molecule has 4 nitrogen and oxygen atoms in total. The van der Waals surface area contributed by atoms with Crippen molar-refractivity contribution in [1.29, 1.82) is 0 Å². The molecule has 17 heavy (non-hydrogen) atoms. The van der Waals surface area contributed by atoms with E-state index in [1.54, 1.807) is 12.3 Å². The molecule has 0 aromatic carbocycles. The largest absolute Gasteiger partial charge is 0.476 e. The van der Waals surface area contributed by atoms with Gasteiger partial charge in [0.1, 0.15) is 12.4 Å². The zero-order chi connectivity index (χ0) is 12.1. The van der Waals surface area contributed by atoms with E-state index in [-0.39, 0.29) is 5.54 Å². The number of aryl methyl sites for hydroxylation is 1. The van der Waals surface area contributed by atoms with Gasteiger partial charge in [0, 0.05) is 12.3 Å². The SMILES string of the molecule is Cc1nccc(OCC2(N)CCCCCC2)n1. The molecule has 0 spiro atoms. The van der Waals surface area contributed by atoms with E-state index in [4.69, 9.17) is 10.5 Å². The normalized spacial score (nSPS) is 19.6. The molecule has 94 valence electrons. The topological polar surface area (TPSA) is 61.0 Å². The van der Waals surface area contributed by atoms with Gasteiger partial charge < -0.3 is 10.5 Å². The van der Waals surface area contributed by atoms with Gasteiger partial charge in [-0.05, 0) is 19.8 Å². The van der Waals surface area contributed by atoms with Gasteiger partial charge >= 0.3 is 0 Å². The van der Waals surface area contributed by atoms with Gasteiger partial charge in [-0.25, -0.2) is 4.98 Å². The number of ether oxygens (including phenoxy) is 1. The molecule has 1 saturated carbocycles. The van der Waals surface area contributed by atoms with Crippen molar-refractivity contribution < 1.29 is 4.74 Å². The number of nitrogens with zero attached hydrogens (tertiary/aromatic N) is 2. The van der Waals surface area contributed by atoms with Crippen molar-refractivity contribution in [3.63, 3.8) is 0 Å². The van der Waals surface area contributed by atoms with Crippen LogP contribution in [0.15, 0.2) is 12.3 Å². The van der Waals surface area contributed by atoms with Crippen LogP contribution in [0, 0.1) is 6.92 Å². The Morgan fingerprint density at radius 3 is 2.65 bits per heavy atom. The Morgan fingerprint density at radius 1 is 1.29 bits per heavy atom. The molecule has 0 saturated heterocycles. The number of hydrogen-bond donors (Lipinski definition) is 1. The van der Waals surface area contributed by atoms with Crippen molar-refractivity contribution in [3.05, 3.63) is 18.1 Å². The molecule has 0 atom stereocenters. The monoisotopic (exact) mass is 235 g/mol. The average molecular weight is 235 g/mol.